The Bertz CT molecular complexity index is 459. The first kappa shape index (κ1) is 16.6. The van der Waals surface area contributed by atoms with Crippen LogP contribution in [-0.4, -0.2) is 40.7 Å². The van der Waals surface area contributed by atoms with Gasteiger partial charge >= 0.3 is 5.97 Å². The van der Waals surface area contributed by atoms with E-state index in [-0.39, 0.29) is 12.5 Å². The zero-order chi connectivity index (χ0) is 15.1. The average Bonchev–Trinajstić information content (AvgIpc) is 2.43. The maximum Gasteiger partial charge on any atom is 0.308 e. The van der Waals surface area contributed by atoms with E-state index in [1.165, 1.54) is 17.3 Å². The van der Waals surface area contributed by atoms with Gasteiger partial charge in [-0.25, -0.2) is 0 Å². The minimum Gasteiger partial charge on any atom is -0.481 e. The number of carboxylic acid groups (broad SMARTS) is 1. The van der Waals surface area contributed by atoms with Gasteiger partial charge in [-0.05, 0) is 26.0 Å². The van der Waals surface area contributed by atoms with Crippen LogP contribution in [0.15, 0.2) is 29.2 Å². The van der Waals surface area contributed by atoms with E-state index in [0.29, 0.717) is 12.3 Å². The van der Waals surface area contributed by atoms with Crippen molar-refractivity contribution in [2.24, 2.45) is 5.92 Å². The van der Waals surface area contributed by atoms with Crippen LogP contribution in [0.25, 0.3) is 0 Å². The van der Waals surface area contributed by atoms with Gasteiger partial charge in [0.2, 0.25) is 5.91 Å². The normalized spacial score (nSPS) is 11.9. The number of amides is 1. The second kappa shape index (κ2) is 7.94. The lowest BCUT2D eigenvalue weighted by molar-refractivity contribution is -0.142. The predicted molar refractivity (Wildman–Crippen MR) is 81.0 cm³/mol. The van der Waals surface area contributed by atoms with Crippen molar-refractivity contribution in [2.75, 3.05) is 18.8 Å². The molecule has 0 aliphatic carbocycles. The summed E-state index contributed by atoms with van der Waals surface area (Å²) in [7, 11) is 0. The molecule has 110 valence electrons. The molecule has 4 nitrogen and oxygen atoms in total. The fraction of sp³-hybridized carbons (Fsp3) is 0.467. The first-order valence-electron chi connectivity index (χ1n) is 6.64. The molecule has 1 aromatic rings. The molecule has 0 aromatic heterocycles. The van der Waals surface area contributed by atoms with Crippen LogP contribution in [0.3, 0.4) is 0 Å². The molecular weight excluding hydrogens is 274 g/mol. The molecule has 1 atom stereocenters. The predicted octanol–water partition coefficient (Wildman–Crippen LogP) is 2.66. The summed E-state index contributed by atoms with van der Waals surface area (Å²) in [4.78, 5) is 25.6. The lowest BCUT2D eigenvalue weighted by Gasteiger charge is -2.22. The highest BCUT2D eigenvalue weighted by atomic mass is 32.2. The van der Waals surface area contributed by atoms with Crippen LogP contribution in [0.5, 0.6) is 0 Å². The SMILES string of the molecule is CCN(CC(C)C(=O)O)C(=O)CSc1ccc(C)cc1. The average molecular weight is 295 g/mol. The Hall–Kier alpha value is -1.49. The molecule has 0 heterocycles. The number of carbonyl (C=O) groups is 2. The molecule has 0 aliphatic heterocycles. The molecule has 1 rings (SSSR count). The van der Waals surface area contributed by atoms with Crippen molar-refractivity contribution in [3.05, 3.63) is 29.8 Å². The first-order chi connectivity index (χ1) is 9.43. The topological polar surface area (TPSA) is 57.6 Å². The molecule has 5 heteroatoms. The number of aryl methyl sites for hydroxylation is 1. The molecule has 0 aliphatic rings. The summed E-state index contributed by atoms with van der Waals surface area (Å²) in [6.45, 7) is 6.30. The van der Waals surface area contributed by atoms with Gasteiger partial charge in [-0.1, -0.05) is 24.6 Å². The molecule has 1 unspecified atom stereocenters. The van der Waals surface area contributed by atoms with Crippen molar-refractivity contribution < 1.29 is 14.7 Å². The highest BCUT2D eigenvalue weighted by Crippen LogP contribution is 2.19. The summed E-state index contributed by atoms with van der Waals surface area (Å²) in [6.07, 6.45) is 0. The van der Waals surface area contributed by atoms with E-state index >= 15 is 0 Å². The highest BCUT2D eigenvalue weighted by Gasteiger charge is 2.19. The molecule has 0 bridgehead atoms. The van der Waals surface area contributed by atoms with Gasteiger partial charge in [-0.2, -0.15) is 0 Å². The molecule has 0 saturated carbocycles. The van der Waals surface area contributed by atoms with Gasteiger partial charge in [0.25, 0.3) is 0 Å². The second-order valence-corrected chi connectivity index (χ2v) is 5.82. The van der Waals surface area contributed by atoms with Gasteiger partial charge < -0.3 is 10.0 Å². The van der Waals surface area contributed by atoms with Gasteiger partial charge in [0, 0.05) is 18.0 Å². The van der Waals surface area contributed by atoms with Crippen LogP contribution >= 0.6 is 11.8 Å². The van der Waals surface area contributed by atoms with Gasteiger partial charge in [0.05, 0.1) is 11.7 Å². The molecular formula is C15H21NO3S. The molecule has 1 amide bonds. The molecule has 0 fully saturated rings. The molecule has 0 saturated heterocycles. The van der Waals surface area contributed by atoms with Gasteiger partial charge in [-0.3, -0.25) is 9.59 Å². The molecule has 0 spiro atoms. The Morgan fingerprint density at radius 1 is 1.30 bits per heavy atom. The summed E-state index contributed by atoms with van der Waals surface area (Å²) < 4.78 is 0. The van der Waals surface area contributed by atoms with Crippen LogP contribution in [0.1, 0.15) is 19.4 Å². The van der Waals surface area contributed by atoms with Gasteiger partial charge in [-0.15, -0.1) is 11.8 Å². The first-order valence-corrected chi connectivity index (χ1v) is 7.62. The Labute approximate surface area is 124 Å². The van der Waals surface area contributed by atoms with E-state index in [0.717, 1.165) is 4.90 Å². The van der Waals surface area contributed by atoms with E-state index in [1.54, 1.807) is 11.8 Å². The quantitative estimate of drug-likeness (QED) is 0.786. The zero-order valence-corrected chi connectivity index (χ0v) is 12.9. The van der Waals surface area contributed by atoms with E-state index in [4.69, 9.17) is 5.11 Å². The Balaban J connectivity index is 2.51. The number of nitrogens with zero attached hydrogens (tertiary/aromatic N) is 1. The number of benzene rings is 1. The Morgan fingerprint density at radius 2 is 1.90 bits per heavy atom. The molecule has 0 radical (unpaired) electrons. The lowest BCUT2D eigenvalue weighted by Crippen LogP contribution is -2.37. The van der Waals surface area contributed by atoms with Crippen LogP contribution < -0.4 is 0 Å². The van der Waals surface area contributed by atoms with Crippen molar-refractivity contribution in [3.8, 4) is 0 Å². The second-order valence-electron chi connectivity index (χ2n) is 4.77. The maximum absolute atomic E-state index is 12.1. The molecule has 1 N–H and O–H groups in total. The number of carbonyl (C=O) groups excluding carboxylic acids is 1. The zero-order valence-electron chi connectivity index (χ0n) is 12.1. The standard InChI is InChI=1S/C15H21NO3S/c1-4-16(9-12(3)15(18)19)14(17)10-20-13-7-5-11(2)6-8-13/h5-8,12H,4,9-10H2,1-3H3,(H,18,19). The van der Waals surface area contributed by atoms with Crippen LogP contribution in [0, 0.1) is 12.8 Å². The van der Waals surface area contributed by atoms with Crippen molar-refractivity contribution in [3.63, 3.8) is 0 Å². The van der Waals surface area contributed by atoms with Crippen molar-refractivity contribution in [1.29, 1.82) is 0 Å². The summed E-state index contributed by atoms with van der Waals surface area (Å²) in [5.41, 5.74) is 1.19. The number of carboxylic acids is 1. The number of rotatable bonds is 7. The summed E-state index contributed by atoms with van der Waals surface area (Å²) in [6, 6.07) is 8.00. The van der Waals surface area contributed by atoms with Crippen LogP contribution in [0.2, 0.25) is 0 Å². The van der Waals surface area contributed by atoms with Crippen LogP contribution in [-0.2, 0) is 9.59 Å². The minimum absolute atomic E-state index is 0.0221. The van der Waals surface area contributed by atoms with E-state index < -0.39 is 11.9 Å². The minimum atomic E-state index is -0.873. The largest absolute Gasteiger partial charge is 0.481 e. The highest BCUT2D eigenvalue weighted by molar-refractivity contribution is 8.00. The van der Waals surface area contributed by atoms with E-state index in [9.17, 15) is 9.59 Å². The van der Waals surface area contributed by atoms with Gasteiger partial charge in [0.1, 0.15) is 0 Å². The number of thioether (sulfide) groups is 1. The third-order valence-electron chi connectivity index (χ3n) is 3.03. The Kier molecular flexibility index (Phi) is 6.58. The summed E-state index contributed by atoms with van der Waals surface area (Å²) >= 11 is 1.48. The smallest absolute Gasteiger partial charge is 0.308 e. The maximum atomic E-state index is 12.1. The lowest BCUT2D eigenvalue weighted by atomic mass is 10.2. The van der Waals surface area contributed by atoms with Crippen molar-refractivity contribution in [1.82, 2.24) is 4.90 Å². The summed E-state index contributed by atoms with van der Waals surface area (Å²) in [5.74, 6) is -1.10. The Morgan fingerprint density at radius 3 is 2.40 bits per heavy atom. The number of hydrogen-bond acceptors (Lipinski definition) is 3. The van der Waals surface area contributed by atoms with Crippen LogP contribution in [0.4, 0.5) is 0 Å². The van der Waals surface area contributed by atoms with Crippen molar-refractivity contribution >= 4 is 23.6 Å². The molecule has 1 aromatic carbocycles. The fourth-order valence-corrected chi connectivity index (χ4v) is 2.49. The molecule has 20 heavy (non-hydrogen) atoms. The van der Waals surface area contributed by atoms with Crippen molar-refractivity contribution in [2.45, 2.75) is 25.7 Å². The van der Waals surface area contributed by atoms with Gasteiger partial charge in [0.15, 0.2) is 0 Å². The monoisotopic (exact) mass is 295 g/mol. The van der Waals surface area contributed by atoms with E-state index in [1.807, 2.05) is 38.1 Å². The van der Waals surface area contributed by atoms with E-state index in [2.05, 4.69) is 0 Å². The fourth-order valence-electron chi connectivity index (χ4n) is 1.69. The third kappa shape index (κ3) is 5.25. The summed E-state index contributed by atoms with van der Waals surface area (Å²) in [5, 5.41) is 8.90. The third-order valence-corrected chi connectivity index (χ3v) is 4.03. The number of aliphatic carboxylic acids is 1. The number of hydrogen-bond donors (Lipinski definition) is 1.